The molecule has 1 aliphatic rings. The minimum absolute atomic E-state index is 0.0102. The topological polar surface area (TPSA) is 52.6 Å². The lowest BCUT2D eigenvalue weighted by atomic mass is 9.97. The quantitative estimate of drug-likeness (QED) is 0.872. The van der Waals surface area contributed by atoms with Crippen LogP contribution in [0.4, 0.5) is 8.78 Å². The smallest absolute Gasteiger partial charge is 0.216 e. The van der Waals surface area contributed by atoms with Crippen LogP contribution >= 0.6 is 0 Å². The van der Waals surface area contributed by atoms with Gasteiger partial charge in [0.15, 0.2) is 0 Å². The van der Waals surface area contributed by atoms with Gasteiger partial charge in [0.25, 0.3) is 0 Å². The van der Waals surface area contributed by atoms with E-state index in [-0.39, 0.29) is 18.0 Å². The average Bonchev–Trinajstić information content (AvgIpc) is 2.48. The SMILES string of the molecule is CC(=O)NCC1CCCN(CC(O)c2cc(F)ccc2F)C1. The number of hydrogen-bond acceptors (Lipinski definition) is 3. The predicted molar refractivity (Wildman–Crippen MR) is 79.2 cm³/mol. The van der Waals surface area contributed by atoms with E-state index in [1.54, 1.807) is 0 Å². The maximum absolute atomic E-state index is 13.7. The highest BCUT2D eigenvalue weighted by molar-refractivity contribution is 5.72. The number of halogens is 2. The number of hydrogen-bond donors (Lipinski definition) is 2. The van der Waals surface area contributed by atoms with Gasteiger partial charge in [0.1, 0.15) is 11.6 Å². The van der Waals surface area contributed by atoms with Crippen molar-refractivity contribution in [2.24, 2.45) is 5.92 Å². The molecule has 0 aliphatic carbocycles. The third kappa shape index (κ3) is 4.74. The monoisotopic (exact) mass is 312 g/mol. The normalized spacial score (nSPS) is 20.6. The standard InChI is InChI=1S/C16H22F2N2O2/c1-11(21)19-8-12-3-2-6-20(9-12)10-16(22)14-7-13(17)4-5-15(14)18/h4-5,7,12,16,22H,2-3,6,8-10H2,1H3,(H,19,21). The van der Waals surface area contributed by atoms with Gasteiger partial charge in [0, 0.05) is 32.1 Å². The molecule has 2 unspecified atom stereocenters. The largest absolute Gasteiger partial charge is 0.387 e. The fourth-order valence-electron chi connectivity index (χ4n) is 2.88. The summed E-state index contributed by atoms with van der Waals surface area (Å²) in [4.78, 5) is 13.0. The van der Waals surface area contributed by atoms with Gasteiger partial charge < -0.3 is 15.3 Å². The first kappa shape index (κ1) is 16.8. The molecule has 122 valence electrons. The van der Waals surface area contributed by atoms with Crippen LogP contribution in [-0.4, -0.2) is 42.1 Å². The molecule has 0 saturated carbocycles. The molecule has 1 amide bonds. The highest BCUT2D eigenvalue weighted by Gasteiger charge is 2.23. The van der Waals surface area contributed by atoms with Crippen LogP contribution in [0.3, 0.4) is 0 Å². The molecule has 1 aliphatic heterocycles. The van der Waals surface area contributed by atoms with Gasteiger partial charge in [-0.1, -0.05) is 0 Å². The van der Waals surface area contributed by atoms with Crippen molar-refractivity contribution in [3.8, 4) is 0 Å². The third-order valence-electron chi connectivity index (χ3n) is 3.99. The van der Waals surface area contributed by atoms with E-state index >= 15 is 0 Å². The summed E-state index contributed by atoms with van der Waals surface area (Å²) < 4.78 is 26.9. The molecule has 0 spiro atoms. The summed E-state index contributed by atoms with van der Waals surface area (Å²) in [7, 11) is 0. The maximum Gasteiger partial charge on any atom is 0.216 e. The minimum atomic E-state index is -1.06. The van der Waals surface area contributed by atoms with Crippen LogP contribution in [0.15, 0.2) is 18.2 Å². The molecule has 4 nitrogen and oxygen atoms in total. The second kappa shape index (κ2) is 7.65. The van der Waals surface area contributed by atoms with E-state index in [1.807, 2.05) is 4.90 Å². The van der Waals surface area contributed by atoms with Crippen LogP contribution in [0.2, 0.25) is 0 Å². The first-order valence-corrected chi connectivity index (χ1v) is 7.55. The van der Waals surface area contributed by atoms with E-state index in [9.17, 15) is 18.7 Å². The molecule has 1 fully saturated rings. The Kier molecular flexibility index (Phi) is 5.85. The Hall–Kier alpha value is -1.53. The number of piperidine rings is 1. The van der Waals surface area contributed by atoms with E-state index in [2.05, 4.69) is 5.32 Å². The van der Waals surface area contributed by atoms with Crippen LogP contribution < -0.4 is 5.32 Å². The highest BCUT2D eigenvalue weighted by Crippen LogP contribution is 2.22. The van der Waals surface area contributed by atoms with Gasteiger partial charge in [-0.3, -0.25) is 4.79 Å². The van der Waals surface area contributed by atoms with E-state index in [4.69, 9.17) is 0 Å². The molecule has 22 heavy (non-hydrogen) atoms. The molecular formula is C16H22F2N2O2. The number of nitrogens with one attached hydrogen (secondary N) is 1. The second-order valence-corrected chi connectivity index (χ2v) is 5.89. The third-order valence-corrected chi connectivity index (χ3v) is 3.99. The molecular weight excluding hydrogens is 290 g/mol. The van der Waals surface area contributed by atoms with Gasteiger partial charge in [-0.15, -0.1) is 0 Å². The van der Waals surface area contributed by atoms with Crippen molar-refractivity contribution in [3.05, 3.63) is 35.4 Å². The number of carbonyl (C=O) groups excluding carboxylic acids is 1. The molecule has 6 heteroatoms. The second-order valence-electron chi connectivity index (χ2n) is 5.89. The summed E-state index contributed by atoms with van der Waals surface area (Å²) in [5, 5.41) is 13.0. The van der Waals surface area contributed by atoms with Gasteiger partial charge in [-0.2, -0.15) is 0 Å². The van der Waals surface area contributed by atoms with Crippen molar-refractivity contribution in [1.82, 2.24) is 10.2 Å². The summed E-state index contributed by atoms with van der Waals surface area (Å²) in [6.45, 7) is 3.89. The average molecular weight is 312 g/mol. The van der Waals surface area contributed by atoms with Crippen molar-refractivity contribution in [2.75, 3.05) is 26.2 Å². The number of amides is 1. The van der Waals surface area contributed by atoms with Gasteiger partial charge in [0.2, 0.25) is 5.91 Å². The van der Waals surface area contributed by atoms with Crippen molar-refractivity contribution < 1.29 is 18.7 Å². The van der Waals surface area contributed by atoms with Crippen LogP contribution in [0, 0.1) is 17.6 Å². The van der Waals surface area contributed by atoms with Crippen molar-refractivity contribution in [2.45, 2.75) is 25.9 Å². The van der Waals surface area contributed by atoms with Crippen LogP contribution in [-0.2, 0) is 4.79 Å². The Labute approximate surface area is 129 Å². The van der Waals surface area contributed by atoms with Crippen LogP contribution in [0.25, 0.3) is 0 Å². The van der Waals surface area contributed by atoms with E-state index in [0.717, 1.165) is 44.1 Å². The Morgan fingerprint density at radius 3 is 3.00 bits per heavy atom. The number of likely N-dealkylation sites (tertiary alicyclic amines) is 1. The van der Waals surface area contributed by atoms with E-state index < -0.39 is 17.7 Å². The lowest BCUT2D eigenvalue weighted by molar-refractivity contribution is -0.119. The number of benzene rings is 1. The van der Waals surface area contributed by atoms with Crippen molar-refractivity contribution >= 4 is 5.91 Å². The number of nitrogens with zero attached hydrogens (tertiary/aromatic N) is 1. The zero-order chi connectivity index (χ0) is 16.1. The molecule has 0 radical (unpaired) electrons. The zero-order valence-corrected chi connectivity index (χ0v) is 12.7. The zero-order valence-electron chi connectivity index (χ0n) is 12.7. The number of aliphatic hydroxyl groups is 1. The fourth-order valence-corrected chi connectivity index (χ4v) is 2.88. The Morgan fingerprint density at radius 1 is 1.50 bits per heavy atom. The first-order chi connectivity index (χ1) is 10.5. The van der Waals surface area contributed by atoms with Crippen molar-refractivity contribution in [1.29, 1.82) is 0 Å². The number of rotatable bonds is 5. The van der Waals surface area contributed by atoms with Gasteiger partial charge in [-0.25, -0.2) is 8.78 Å². The molecule has 2 N–H and O–H groups in total. The van der Waals surface area contributed by atoms with Crippen molar-refractivity contribution in [3.63, 3.8) is 0 Å². The Morgan fingerprint density at radius 2 is 2.27 bits per heavy atom. The first-order valence-electron chi connectivity index (χ1n) is 7.55. The summed E-state index contributed by atoms with van der Waals surface area (Å²) in [6.07, 6.45) is 0.916. The van der Waals surface area contributed by atoms with E-state index in [0.29, 0.717) is 12.5 Å². The molecule has 0 bridgehead atoms. The Balaban J connectivity index is 1.91. The number of β-amino-alcohol motifs (C(OH)–C–C–N with tert-alkyl or cyclic N) is 1. The summed E-state index contributed by atoms with van der Waals surface area (Å²) in [6, 6.07) is 3.11. The molecule has 1 aromatic carbocycles. The summed E-state index contributed by atoms with van der Waals surface area (Å²) in [5.74, 6) is -0.889. The number of aliphatic hydroxyl groups excluding tert-OH is 1. The molecule has 1 heterocycles. The van der Waals surface area contributed by atoms with Gasteiger partial charge in [-0.05, 0) is 43.5 Å². The number of carbonyl (C=O) groups is 1. The summed E-state index contributed by atoms with van der Waals surface area (Å²) in [5.41, 5.74) is -0.0102. The molecule has 2 rings (SSSR count). The lowest BCUT2D eigenvalue weighted by Gasteiger charge is -2.34. The van der Waals surface area contributed by atoms with Crippen LogP contribution in [0.5, 0.6) is 0 Å². The molecule has 0 aromatic heterocycles. The fraction of sp³-hybridized carbons (Fsp3) is 0.562. The molecule has 1 aromatic rings. The van der Waals surface area contributed by atoms with Crippen LogP contribution in [0.1, 0.15) is 31.4 Å². The van der Waals surface area contributed by atoms with Gasteiger partial charge >= 0.3 is 0 Å². The minimum Gasteiger partial charge on any atom is -0.387 e. The Bertz CT molecular complexity index is 525. The summed E-state index contributed by atoms with van der Waals surface area (Å²) >= 11 is 0. The molecule has 2 atom stereocenters. The highest BCUT2D eigenvalue weighted by atomic mass is 19.1. The van der Waals surface area contributed by atoms with E-state index in [1.165, 1.54) is 6.92 Å². The van der Waals surface area contributed by atoms with Gasteiger partial charge in [0.05, 0.1) is 6.10 Å². The maximum atomic E-state index is 13.7. The predicted octanol–water partition coefficient (Wildman–Crippen LogP) is 1.85. The lowest BCUT2D eigenvalue weighted by Crippen LogP contribution is -2.42. The molecule has 1 saturated heterocycles.